The van der Waals surface area contributed by atoms with Gasteiger partial charge in [-0.05, 0) is 86.3 Å². The molecule has 4 bridgehead atoms. The number of benzene rings is 1. The first kappa shape index (κ1) is 23.9. The number of aryl methyl sites for hydroxylation is 1. The number of carbonyl (C=O) groups excluding carboxylic acids is 1. The minimum Gasteiger partial charge on any atom is -0.350 e. The third-order valence-corrected chi connectivity index (χ3v) is 9.37. The van der Waals surface area contributed by atoms with Crippen molar-refractivity contribution in [2.24, 2.45) is 28.7 Å². The van der Waals surface area contributed by atoms with Crippen LogP contribution in [0.1, 0.15) is 63.9 Å². The number of halogens is 1. The number of carbonyl (C=O) groups is 1. The molecule has 1 aliphatic heterocycles. The Bertz CT molecular complexity index is 799. The molecule has 5 fully saturated rings. The molecule has 1 saturated heterocycles. The first-order valence-electron chi connectivity index (χ1n) is 12.4. The highest BCUT2D eigenvalue weighted by atomic mass is 35.5. The van der Waals surface area contributed by atoms with Gasteiger partial charge in [-0.15, -0.1) is 12.4 Å². The number of nitrogens with zero attached hydrogens (tertiary/aromatic N) is 2. The van der Waals surface area contributed by atoms with Crippen LogP contribution in [0.2, 0.25) is 0 Å². The van der Waals surface area contributed by atoms with Gasteiger partial charge in [0.1, 0.15) is 0 Å². The summed E-state index contributed by atoms with van der Waals surface area (Å²) in [6, 6.07) is 9.13. The predicted octanol–water partition coefficient (Wildman–Crippen LogP) is 6.01. The van der Waals surface area contributed by atoms with Crippen LogP contribution >= 0.6 is 24.2 Å². The van der Waals surface area contributed by atoms with Gasteiger partial charge in [-0.25, -0.2) is 0 Å². The van der Waals surface area contributed by atoms with Gasteiger partial charge < -0.3 is 10.2 Å². The van der Waals surface area contributed by atoms with Gasteiger partial charge in [0, 0.05) is 31.0 Å². The summed E-state index contributed by atoms with van der Waals surface area (Å²) in [6.45, 7) is 2.21. The lowest BCUT2D eigenvalue weighted by molar-refractivity contribution is -0.116. The van der Waals surface area contributed by atoms with E-state index in [-0.39, 0.29) is 24.4 Å². The third kappa shape index (κ3) is 5.14. The van der Waals surface area contributed by atoms with Gasteiger partial charge >= 0.3 is 0 Å². The van der Waals surface area contributed by atoms with Crippen molar-refractivity contribution in [1.82, 2.24) is 4.90 Å². The number of amides is 1. The molecular weight excluding hydrogens is 438 g/mol. The van der Waals surface area contributed by atoms with Gasteiger partial charge in [-0.3, -0.25) is 9.79 Å². The molecule has 0 aromatic heterocycles. The Kier molecular flexibility index (Phi) is 7.77. The summed E-state index contributed by atoms with van der Waals surface area (Å²) >= 11 is 1.86. The molecule has 4 aliphatic carbocycles. The van der Waals surface area contributed by atoms with Crippen molar-refractivity contribution in [3.05, 3.63) is 29.8 Å². The van der Waals surface area contributed by atoms with Crippen molar-refractivity contribution in [1.29, 1.82) is 0 Å². The maximum atomic E-state index is 12.7. The number of hydrogen-bond donors (Lipinski definition) is 1. The van der Waals surface area contributed by atoms with Gasteiger partial charge in [0.15, 0.2) is 5.17 Å². The van der Waals surface area contributed by atoms with Crippen LogP contribution in [-0.2, 0) is 11.2 Å². The van der Waals surface area contributed by atoms with Crippen LogP contribution in [0.5, 0.6) is 0 Å². The van der Waals surface area contributed by atoms with Crippen LogP contribution in [0.15, 0.2) is 29.3 Å². The average molecular weight is 476 g/mol. The Balaban J connectivity index is 0.00000245. The quantitative estimate of drug-likeness (QED) is 0.525. The van der Waals surface area contributed by atoms with Crippen LogP contribution in [0.25, 0.3) is 0 Å². The van der Waals surface area contributed by atoms with Crippen LogP contribution in [0, 0.1) is 23.7 Å². The zero-order valence-corrected chi connectivity index (χ0v) is 21.1. The lowest BCUT2D eigenvalue weighted by Crippen LogP contribution is -2.48. The largest absolute Gasteiger partial charge is 0.350 e. The fourth-order valence-electron chi connectivity index (χ4n) is 6.66. The number of thioether (sulfide) groups is 1. The molecule has 1 N–H and O–H groups in total. The number of anilines is 1. The van der Waals surface area contributed by atoms with Crippen molar-refractivity contribution in [3.63, 3.8) is 0 Å². The molecule has 0 spiro atoms. The van der Waals surface area contributed by atoms with Gasteiger partial charge in [-0.2, -0.15) is 0 Å². The number of unbranched alkanes of at least 4 members (excludes halogenated alkanes) is 1. The van der Waals surface area contributed by atoms with Gasteiger partial charge in [0.05, 0.1) is 6.04 Å². The van der Waals surface area contributed by atoms with E-state index in [1.54, 1.807) is 0 Å². The standard InChI is InChI=1S/C26H37N3OS.ClH/c1-3-4-5-17-6-8-22(9-7-17)27-24(30)15-23-16-31-26(29(23)2)28-25-20-11-18-10-19(13-20)14-21(25)12-18;/h6-9,18-21,23,25H,3-5,10-16H2,1-2H3,(H,27,30);1H/b28-26-;. The van der Waals surface area contributed by atoms with Crippen molar-refractivity contribution >= 4 is 40.9 Å². The lowest BCUT2D eigenvalue weighted by atomic mass is 9.54. The SMILES string of the molecule is CCCCc1ccc(NC(=O)CC2CS/C(=N\C3C4CC5CC(C4)CC3C5)N2C)cc1.Cl. The molecule has 4 saturated carbocycles. The van der Waals surface area contributed by atoms with E-state index in [1.165, 1.54) is 55.7 Å². The summed E-state index contributed by atoms with van der Waals surface area (Å²) in [6.07, 6.45) is 11.2. The Morgan fingerprint density at radius 2 is 1.75 bits per heavy atom. The predicted molar refractivity (Wildman–Crippen MR) is 138 cm³/mol. The molecule has 6 rings (SSSR count). The van der Waals surface area contributed by atoms with E-state index in [1.807, 2.05) is 23.9 Å². The van der Waals surface area contributed by atoms with Gasteiger partial charge in [-0.1, -0.05) is 37.2 Å². The molecule has 176 valence electrons. The van der Waals surface area contributed by atoms with Gasteiger partial charge in [0.25, 0.3) is 0 Å². The first-order valence-corrected chi connectivity index (χ1v) is 13.4. The fourth-order valence-corrected chi connectivity index (χ4v) is 7.89. The number of amidine groups is 1. The fraction of sp³-hybridized carbons (Fsp3) is 0.692. The highest BCUT2D eigenvalue weighted by molar-refractivity contribution is 8.14. The van der Waals surface area contributed by atoms with E-state index in [4.69, 9.17) is 4.99 Å². The van der Waals surface area contributed by atoms with Crippen molar-refractivity contribution < 1.29 is 4.79 Å². The summed E-state index contributed by atoms with van der Waals surface area (Å²) in [5.74, 6) is 4.69. The Labute approximate surface area is 203 Å². The summed E-state index contributed by atoms with van der Waals surface area (Å²) in [4.78, 5) is 20.3. The summed E-state index contributed by atoms with van der Waals surface area (Å²) in [5.41, 5.74) is 2.25. The minimum absolute atomic E-state index is 0. The number of rotatable bonds is 7. The monoisotopic (exact) mass is 475 g/mol. The summed E-state index contributed by atoms with van der Waals surface area (Å²) in [7, 11) is 2.13. The number of nitrogens with one attached hydrogen (secondary N) is 1. The highest BCUT2D eigenvalue weighted by Crippen LogP contribution is 2.55. The molecule has 1 unspecified atom stereocenters. The van der Waals surface area contributed by atoms with Crippen LogP contribution in [-0.4, -0.2) is 40.9 Å². The Hall–Kier alpha value is -1.20. The topological polar surface area (TPSA) is 44.7 Å². The second-order valence-corrected chi connectivity index (χ2v) is 11.4. The summed E-state index contributed by atoms with van der Waals surface area (Å²) < 4.78 is 0. The van der Waals surface area contributed by atoms with E-state index < -0.39 is 0 Å². The average Bonchev–Trinajstić information content (AvgIpc) is 3.08. The zero-order valence-electron chi connectivity index (χ0n) is 19.5. The van der Waals surface area contributed by atoms with E-state index >= 15 is 0 Å². The molecule has 1 amide bonds. The summed E-state index contributed by atoms with van der Waals surface area (Å²) in [5, 5.41) is 4.27. The van der Waals surface area contributed by atoms with Gasteiger partial charge in [0.2, 0.25) is 5.91 Å². The highest BCUT2D eigenvalue weighted by Gasteiger charge is 2.48. The number of aliphatic imine (C=N–C) groups is 1. The lowest BCUT2D eigenvalue weighted by Gasteiger charge is -2.53. The van der Waals surface area contributed by atoms with E-state index in [2.05, 4.69) is 36.3 Å². The van der Waals surface area contributed by atoms with Crippen molar-refractivity contribution in [3.8, 4) is 0 Å². The molecular formula is C26H38ClN3OS. The molecule has 1 atom stereocenters. The molecule has 6 heteroatoms. The maximum absolute atomic E-state index is 12.7. The normalized spacial score (nSPS) is 34.1. The second-order valence-electron chi connectivity index (χ2n) is 10.5. The van der Waals surface area contributed by atoms with Crippen molar-refractivity contribution in [2.75, 3.05) is 18.1 Å². The zero-order chi connectivity index (χ0) is 21.4. The van der Waals surface area contributed by atoms with Crippen LogP contribution in [0.4, 0.5) is 5.69 Å². The minimum atomic E-state index is 0. The molecule has 4 nitrogen and oxygen atoms in total. The number of hydrogen-bond acceptors (Lipinski definition) is 3. The molecule has 0 radical (unpaired) electrons. The maximum Gasteiger partial charge on any atom is 0.226 e. The first-order chi connectivity index (χ1) is 15.1. The molecule has 5 aliphatic rings. The Morgan fingerprint density at radius 1 is 1.09 bits per heavy atom. The molecule has 1 aromatic carbocycles. The van der Waals surface area contributed by atoms with E-state index in [9.17, 15) is 4.79 Å². The molecule has 32 heavy (non-hydrogen) atoms. The smallest absolute Gasteiger partial charge is 0.226 e. The molecule has 1 heterocycles. The second kappa shape index (κ2) is 10.4. The van der Waals surface area contributed by atoms with E-state index in [0.29, 0.717) is 12.5 Å². The van der Waals surface area contributed by atoms with Crippen LogP contribution < -0.4 is 5.32 Å². The van der Waals surface area contributed by atoms with Crippen molar-refractivity contribution in [2.45, 2.75) is 76.8 Å². The molecule has 1 aromatic rings. The Morgan fingerprint density at radius 3 is 2.38 bits per heavy atom. The van der Waals surface area contributed by atoms with E-state index in [0.717, 1.165) is 41.5 Å². The third-order valence-electron chi connectivity index (χ3n) is 8.17. The van der Waals surface area contributed by atoms with Crippen LogP contribution in [0.3, 0.4) is 0 Å².